The van der Waals surface area contributed by atoms with Crippen LogP contribution in [0.2, 0.25) is 0 Å². The fourth-order valence-corrected chi connectivity index (χ4v) is 2.29. The molecule has 20 heavy (non-hydrogen) atoms. The third-order valence-electron chi connectivity index (χ3n) is 3.34. The van der Waals surface area contributed by atoms with Gasteiger partial charge in [0.05, 0.1) is 0 Å². The summed E-state index contributed by atoms with van der Waals surface area (Å²) < 4.78 is 1.92. The summed E-state index contributed by atoms with van der Waals surface area (Å²) in [5.74, 6) is 0. The van der Waals surface area contributed by atoms with E-state index >= 15 is 0 Å². The molecule has 2 rings (SSSR count). The predicted octanol–water partition coefficient (Wildman–Crippen LogP) is 1.73. The van der Waals surface area contributed by atoms with Gasteiger partial charge in [0.1, 0.15) is 4.99 Å². The molecule has 0 radical (unpaired) electrons. The van der Waals surface area contributed by atoms with E-state index in [9.17, 15) is 0 Å². The van der Waals surface area contributed by atoms with Crippen molar-refractivity contribution in [3.8, 4) is 0 Å². The Kier molecular flexibility index (Phi) is 4.87. The van der Waals surface area contributed by atoms with Crippen molar-refractivity contribution < 1.29 is 0 Å². The molecule has 0 saturated heterocycles. The zero-order valence-corrected chi connectivity index (χ0v) is 12.7. The van der Waals surface area contributed by atoms with Crippen LogP contribution in [0.1, 0.15) is 16.8 Å². The molecule has 5 heteroatoms. The van der Waals surface area contributed by atoms with Gasteiger partial charge in [-0.15, -0.1) is 0 Å². The molecule has 0 saturated carbocycles. The van der Waals surface area contributed by atoms with Crippen LogP contribution in [0.5, 0.6) is 0 Å². The van der Waals surface area contributed by atoms with E-state index in [4.69, 9.17) is 18.0 Å². The number of benzene rings is 1. The first-order chi connectivity index (χ1) is 9.56. The first-order valence-electron chi connectivity index (χ1n) is 6.60. The molecule has 0 aliphatic carbocycles. The minimum absolute atomic E-state index is 0.449. The molecular formula is C15H20N4S. The van der Waals surface area contributed by atoms with E-state index in [1.807, 2.05) is 30.1 Å². The van der Waals surface area contributed by atoms with Crippen LogP contribution < -0.4 is 5.73 Å². The molecule has 2 N–H and O–H groups in total. The molecule has 0 spiro atoms. The van der Waals surface area contributed by atoms with E-state index in [0.29, 0.717) is 4.99 Å². The highest BCUT2D eigenvalue weighted by molar-refractivity contribution is 7.80. The van der Waals surface area contributed by atoms with Gasteiger partial charge in [-0.05, 0) is 24.7 Å². The van der Waals surface area contributed by atoms with E-state index in [2.05, 4.69) is 35.2 Å². The van der Waals surface area contributed by atoms with Crippen LogP contribution in [-0.2, 0) is 20.0 Å². The summed E-state index contributed by atoms with van der Waals surface area (Å²) in [5.41, 5.74) is 9.06. The lowest BCUT2D eigenvalue weighted by Gasteiger charge is -2.17. The summed E-state index contributed by atoms with van der Waals surface area (Å²) in [6, 6.07) is 10.2. The quantitative estimate of drug-likeness (QED) is 0.822. The van der Waals surface area contributed by atoms with E-state index in [1.54, 1.807) is 0 Å². The molecular weight excluding hydrogens is 268 g/mol. The second-order valence-electron chi connectivity index (χ2n) is 5.00. The number of rotatable bonds is 6. The zero-order chi connectivity index (χ0) is 14.5. The topological polar surface area (TPSA) is 47.1 Å². The van der Waals surface area contributed by atoms with Gasteiger partial charge in [-0.25, -0.2) is 0 Å². The van der Waals surface area contributed by atoms with Gasteiger partial charge in [0.15, 0.2) is 0 Å². The van der Waals surface area contributed by atoms with Crippen molar-refractivity contribution in [3.63, 3.8) is 0 Å². The first-order valence-corrected chi connectivity index (χ1v) is 7.01. The first kappa shape index (κ1) is 14.7. The second-order valence-corrected chi connectivity index (χ2v) is 5.44. The van der Waals surface area contributed by atoms with Gasteiger partial charge in [0, 0.05) is 44.0 Å². The van der Waals surface area contributed by atoms with Crippen LogP contribution >= 0.6 is 12.2 Å². The summed E-state index contributed by atoms with van der Waals surface area (Å²) in [6.45, 7) is 1.87. The normalized spacial score (nSPS) is 10.9. The monoisotopic (exact) mass is 288 g/mol. The van der Waals surface area contributed by atoms with Crippen LogP contribution in [0.15, 0.2) is 36.5 Å². The Labute approximate surface area is 125 Å². The highest BCUT2D eigenvalue weighted by Crippen LogP contribution is 2.08. The van der Waals surface area contributed by atoms with Crippen LogP contribution in [0.25, 0.3) is 0 Å². The Bertz CT molecular complexity index is 591. The van der Waals surface area contributed by atoms with E-state index < -0.39 is 0 Å². The summed E-state index contributed by atoms with van der Waals surface area (Å²) >= 11 is 5.01. The lowest BCUT2D eigenvalue weighted by molar-refractivity contribution is 0.328. The van der Waals surface area contributed by atoms with Crippen molar-refractivity contribution in [2.75, 3.05) is 13.6 Å². The van der Waals surface area contributed by atoms with Gasteiger partial charge in [0.2, 0.25) is 0 Å². The van der Waals surface area contributed by atoms with Crippen LogP contribution in [0.3, 0.4) is 0 Å². The highest BCUT2D eigenvalue weighted by Gasteiger charge is 2.05. The molecule has 0 aliphatic heterocycles. The van der Waals surface area contributed by atoms with Gasteiger partial charge < -0.3 is 10.6 Å². The Hall–Kier alpha value is -1.72. The number of nitrogens with two attached hydrogens (primary N) is 1. The zero-order valence-electron chi connectivity index (χ0n) is 11.9. The van der Waals surface area contributed by atoms with Crippen LogP contribution in [0.4, 0.5) is 0 Å². The Morgan fingerprint density at radius 1 is 1.40 bits per heavy atom. The molecule has 0 aliphatic rings. The largest absolute Gasteiger partial charge is 0.389 e. The molecule has 0 atom stereocenters. The number of likely N-dealkylation sites (N-methyl/N-ethyl adjacent to an activating group) is 1. The van der Waals surface area contributed by atoms with Gasteiger partial charge in [-0.1, -0.05) is 30.4 Å². The lowest BCUT2D eigenvalue weighted by Crippen LogP contribution is -2.22. The summed E-state index contributed by atoms with van der Waals surface area (Å²) in [4.78, 5) is 2.73. The molecule has 1 heterocycles. The summed E-state index contributed by atoms with van der Waals surface area (Å²) in [6.07, 6.45) is 2.82. The third kappa shape index (κ3) is 3.88. The van der Waals surface area contributed by atoms with Gasteiger partial charge in [-0.2, -0.15) is 5.10 Å². The van der Waals surface area contributed by atoms with Crippen LogP contribution in [0, 0.1) is 0 Å². The standard InChI is InChI=1S/C15H20N4S/c1-18(9-7-14-6-8-17-19(14)2)11-12-4-3-5-13(10-12)15(16)20/h3-6,8,10H,7,9,11H2,1-2H3,(H2,16,20). The van der Waals surface area contributed by atoms with Crippen molar-refractivity contribution in [1.29, 1.82) is 0 Å². The summed E-state index contributed by atoms with van der Waals surface area (Å²) in [7, 11) is 4.09. The van der Waals surface area contributed by atoms with Crippen molar-refractivity contribution in [2.45, 2.75) is 13.0 Å². The molecule has 0 amide bonds. The molecule has 1 aromatic heterocycles. The second kappa shape index (κ2) is 6.63. The highest BCUT2D eigenvalue weighted by atomic mass is 32.1. The number of aryl methyl sites for hydroxylation is 1. The number of hydrogen-bond acceptors (Lipinski definition) is 3. The molecule has 0 fully saturated rings. The maximum Gasteiger partial charge on any atom is 0.103 e. The molecule has 0 unspecified atom stereocenters. The fraction of sp³-hybridized carbons (Fsp3) is 0.333. The lowest BCUT2D eigenvalue weighted by atomic mass is 10.1. The predicted molar refractivity (Wildman–Crippen MR) is 85.6 cm³/mol. The number of nitrogens with zero attached hydrogens (tertiary/aromatic N) is 3. The van der Waals surface area contributed by atoms with E-state index in [0.717, 1.165) is 25.1 Å². The van der Waals surface area contributed by atoms with Crippen molar-refractivity contribution >= 4 is 17.2 Å². The fourth-order valence-electron chi connectivity index (χ4n) is 2.17. The van der Waals surface area contributed by atoms with Gasteiger partial charge >= 0.3 is 0 Å². The summed E-state index contributed by atoms with van der Waals surface area (Å²) in [5, 5.41) is 4.18. The average molecular weight is 288 g/mol. The number of aromatic nitrogens is 2. The minimum Gasteiger partial charge on any atom is -0.389 e. The van der Waals surface area contributed by atoms with E-state index in [1.165, 1.54) is 11.3 Å². The molecule has 4 nitrogen and oxygen atoms in total. The average Bonchev–Trinajstić information content (AvgIpc) is 2.82. The smallest absolute Gasteiger partial charge is 0.103 e. The molecule has 0 bridgehead atoms. The number of thiocarbonyl (C=S) groups is 1. The number of hydrogen-bond donors (Lipinski definition) is 1. The van der Waals surface area contributed by atoms with E-state index in [-0.39, 0.29) is 0 Å². The maximum absolute atomic E-state index is 5.66. The molecule has 2 aromatic rings. The van der Waals surface area contributed by atoms with Crippen molar-refractivity contribution in [2.24, 2.45) is 12.8 Å². The van der Waals surface area contributed by atoms with Crippen molar-refractivity contribution in [3.05, 3.63) is 53.3 Å². The maximum atomic E-state index is 5.66. The SMILES string of the molecule is CN(CCc1ccnn1C)Cc1cccc(C(N)=S)c1. The third-order valence-corrected chi connectivity index (χ3v) is 3.57. The van der Waals surface area contributed by atoms with Gasteiger partial charge in [-0.3, -0.25) is 4.68 Å². The van der Waals surface area contributed by atoms with Gasteiger partial charge in [0.25, 0.3) is 0 Å². The molecule has 106 valence electrons. The Balaban J connectivity index is 1.91. The Morgan fingerprint density at radius 3 is 2.85 bits per heavy atom. The minimum atomic E-state index is 0.449. The van der Waals surface area contributed by atoms with Crippen LogP contribution in [-0.4, -0.2) is 33.3 Å². The Morgan fingerprint density at radius 2 is 2.20 bits per heavy atom. The molecule has 1 aromatic carbocycles. The van der Waals surface area contributed by atoms with Crippen molar-refractivity contribution in [1.82, 2.24) is 14.7 Å².